The lowest BCUT2D eigenvalue weighted by molar-refractivity contribution is 0.414. The van der Waals surface area contributed by atoms with Crippen LogP contribution in [0, 0.1) is 0 Å². The first kappa shape index (κ1) is 12.1. The van der Waals surface area contributed by atoms with Crippen molar-refractivity contribution in [1.29, 1.82) is 0 Å². The molecule has 88 valence electrons. The molecule has 0 saturated heterocycles. The summed E-state index contributed by atoms with van der Waals surface area (Å²) < 4.78 is 6.04. The smallest absolute Gasteiger partial charge is 0.118 e. The number of ether oxygens (including phenoxy) is 1. The van der Waals surface area contributed by atoms with Gasteiger partial charge in [0.05, 0.1) is 13.2 Å². The second kappa shape index (κ2) is 5.29. The van der Waals surface area contributed by atoms with Gasteiger partial charge in [0.25, 0.3) is 0 Å². The van der Waals surface area contributed by atoms with E-state index in [9.17, 15) is 0 Å². The summed E-state index contributed by atoms with van der Waals surface area (Å²) in [7, 11) is 1.65. The molecule has 0 aliphatic carbocycles. The molecule has 0 bridgehead atoms. The van der Waals surface area contributed by atoms with Gasteiger partial charge in [0.15, 0.2) is 0 Å². The molecule has 2 N–H and O–H groups in total. The third-order valence-electron chi connectivity index (χ3n) is 2.56. The Morgan fingerprint density at radius 2 is 1.88 bits per heavy atom. The van der Waals surface area contributed by atoms with Crippen molar-refractivity contribution in [3.8, 4) is 5.75 Å². The van der Waals surface area contributed by atoms with Crippen LogP contribution in [0.15, 0.2) is 47.2 Å². The fourth-order valence-corrected chi connectivity index (χ4v) is 1.98. The fourth-order valence-electron chi connectivity index (χ4n) is 1.60. The molecule has 0 aliphatic heterocycles. The molecule has 1 aromatic carbocycles. The van der Waals surface area contributed by atoms with Gasteiger partial charge < -0.3 is 10.5 Å². The molecule has 1 unspecified atom stereocenters. The molecule has 0 spiro atoms. The largest absolute Gasteiger partial charge is 0.497 e. The Morgan fingerprint density at radius 3 is 2.47 bits per heavy atom. The average molecular weight is 293 g/mol. The zero-order valence-electron chi connectivity index (χ0n) is 9.43. The number of hydrogen-bond acceptors (Lipinski definition) is 3. The maximum atomic E-state index is 6.18. The van der Waals surface area contributed by atoms with Gasteiger partial charge in [0.1, 0.15) is 5.75 Å². The van der Waals surface area contributed by atoms with Crippen LogP contribution in [0.4, 0.5) is 0 Å². The molecule has 0 radical (unpaired) electrons. The predicted octanol–water partition coefficient (Wildman–Crippen LogP) is 2.90. The number of hydrogen-bond donors (Lipinski definition) is 1. The van der Waals surface area contributed by atoms with Gasteiger partial charge in [-0.05, 0) is 45.3 Å². The summed E-state index contributed by atoms with van der Waals surface area (Å²) in [5.41, 5.74) is 8.18. The van der Waals surface area contributed by atoms with E-state index < -0.39 is 0 Å². The highest BCUT2D eigenvalue weighted by Gasteiger charge is 2.09. The van der Waals surface area contributed by atoms with Crippen LogP contribution in [0.3, 0.4) is 0 Å². The van der Waals surface area contributed by atoms with Crippen LogP contribution >= 0.6 is 15.9 Å². The van der Waals surface area contributed by atoms with Crippen LogP contribution in [-0.2, 0) is 0 Å². The Kier molecular flexibility index (Phi) is 3.76. The van der Waals surface area contributed by atoms with Crippen molar-refractivity contribution in [3.05, 3.63) is 58.3 Å². The van der Waals surface area contributed by atoms with Crippen LogP contribution in [0.5, 0.6) is 5.75 Å². The summed E-state index contributed by atoms with van der Waals surface area (Å²) in [5.74, 6) is 0.827. The number of aromatic nitrogens is 1. The normalized spacial score (nSPS) is 12.2. The molecule has 17 heavy (non-hydrogen) atoms. The van der Waals surface area contributed by atoms with Gasteiger partial charge in [0.2, 0.25) is 0 Å². The van der Waals surface area contributed by atoms with Crippen LogP contribution in [0.1, 0.15) is 17.2 Å². The zero-order chi connectivity index (χ0) is 12.3. The Balaban J connectivity index is 2.27. The molecule has 2 rings (SSSR count). The van der Waals surface area contributed by atoms with Crippen molar-refractivity contribution >= 4 is 15.9 Å². The van der Waals surface area contributed by atoms with Crippen molar-refractivity contribution in [2.45, 2.75) is 6.04 Å². The quantitative estimate of drug-likeness (QED) is 0.946. The molecule has 0 saturated carbocycles. The van der Waals surface area contributed by atoms with Crippen LogP contribution in [0.2, 0.25) is 0 Å². The van der Waals surface area contributed by atoms with E-state index in [1.807, 2.05) is 30.3 Å². The minimum Gasteiger partial charge on any atom is -0.497 e. The number of methoxy groups -OCH3 is 1. The molecule has 3 nitrogen and oxygen atoms in total. The number of halogens is 1. The number of benzene rings is 1. The SMILES string of the molecule is COc1ccc(C(N)c2cncc(Br)c2)cc1. The standard InChI is InChI=1S/C13H13BrN2O/c1-17-12-4-2-9(3-5-12)13(15)10-6-11(14)8-16-7-10/h2-8,13H,15H2,1H3. The number of nitrogens with zero attached hydrogens (tertiary/aromatic N) is 1. The van der Waals surface area contributed by atoms with E-state index >= 15 is 0 Å². The molecule has 2 aromatic rings. The molecule has 0 fully saturated rings. The fraction of sp³-hybridized carbons (Fsp3) is 0.154. The third kappa shape index (κ3) is 2.84. The van der Waals surface area contributed by atoms with Crippen LogP contribution in [-0.4, -0.2) is 12.1 Å². The van der Waals surface area contributed by atoms with E-state index in [1.54, 1.807) is 19.5 Å². The lowest BCUT2D eigenvalue weighted by Gasteiger charge is -2.12. The summed E-state index contributed by atoms with van der Waals surface area (Å²) in [5, 5.41) is 0. The van der Waals surface area contributed by atoms with Gasteiger partial charge in [-0.1, -0.05) is 12.1 Å². The highest BCUT2D eigenvalue weighted by atomic mass is 79.9. The van der Waals surface area contributed by atoms with E-state index in [-0.39, 0.29) is 6.04 Å². The van der Waals surface area contributed by atoms with Crippen molar-refractivity contribution in [2.75, 3.05) is 7.11 Å². The minimum atomic E-state index is -0.175. The highest BCUT2D eigenvalue weighted by Crippen LogP contribution is 2.23. The zero-order valence-corrected chi connectivity index (χ0v) is 11.0. The van der Waals surface area contributed by atoms with Crippen molar-refractivity contribution in [2.24, 2.45) is 5.73 Å². The molecule has 4 heteroatoms. The Hall–Kier alpha value is -1.39. The number of pyridine rings is 1. The number of nitrogens with two attached hydrogens (primary N) is 1. The van der Waals surface area contributed by atoms with E-state index in [0.717, 1.165) is 21.3 Å². The maximum absolute atomic E-state index is 6.18. The Morgan fingerprint density at radius 1 is 1.18 bits per heavy atom. The summed E-state index contributed by atoms with van der Waals surface area (Å²) in [6.45, 7) is 0. The first-order valence-corrected chi connectivity index (χ1v) is 6.00. The van der Waals surface area contributed by atoms with E-state index in [0.29, 0.717) is 0 Å². The summed E-state index contributed by atoms with van der Waals surface area (Å²) in [6.07, 6.45) is 3.52. The molecule has 1 aromatic heterocycles. The molecular weight excluding hydrogens is 280 g/mol. The second-order valence-electron chi connectivity index (χ2n) is 3.69. The Labute approximate surface area is 109 Å². The van der Waals surface area contributed by atoms with Crippen molar-refractivity contribution in [1.82, 2.24) is 4.98 Å². The van der Waals surface area contributed by atoms with E-state index in [4.69, 9.17) is 10.5 Å². The first-order chi connectivity index (χ1) is 8.20. The minimum absolute atomic E-state index is 0.175. The second-order valence-corrected chi connectivity index (χ2v) is 4.60. The number of rotatable bonds is 3. The van der Waals surface area contributed by atoms with Gasteiger partial charge in [0, 0.05) is 16.9 Å². The van der Waals surface area contributed by atoms with Crippen LogP contribution in [0.25, 0.3) is 0 Å². The van der Waals surface area contributed by atoms with Crippen molar-refractivity contribution < 1.29 is 4.74 Å². The lowest BCUT2D eigenvalue weighted by Crippen LogP contribution is -2.11. The third-order valence-corrected chi connectivity index (χ3v) is 2.99. The first-order valence-electron chi connectivity index (χ1n) is 5.20. The molecule has 0 amide bonds. The van der Waals surface area contributed by atoms with Gasteiger partial charge in [-0.25, -0.2) is 0 Å². The van der Waals surface area contributed by atoms with Gasteiger partial charge in [-0.2, -0.15) is 0 Å². The van der Waals surface area contributed by atoms with Gasteiger partial charge in [-0.3, -0.25) is 4.98 Å². The monoisotopic (exact) mass is 292 g/mol. The van der Waals surface area contributed by atoms with E-state index in [2.05, 4.69) is 20.9 Å². The summed E-state index contributed by atoms with van der Waals surface area (Å²) >= 11 is 3.39. The van der Waals surface area contributed by atoms with Crippen molar-refractivity contribution in [3.63, 3.8) is 0 Å². The average Bonchev–Trinajstić information content (AvgIpc) is 2.38. The molecule has 0 aliphatic rings. The van der Waals surface area contributed by atoms with E-state index in [1.165, 1.54) is 0 Å². The molecular formula is C13H13BrN2O. The molecule has 1 atom stereocenters. The van der Waals surface area contributed by atoms with Gasteiger partial charge >= 0.3 is 0 Å². The van der Waals surface area contributed by atoms with Crippen LogP contribution < -0.4 is 10.5 Å². The Bertz CT molecular complexity index is 499. The topological polar surface area (TPSA) is 48.1 Å². The maximum Gasteiger partial charge on any atom is 0.118 e. The predicted molar refractivity (Wildman–Crippen MR) is 71.0 cm³/mol. The van der Waals surface area contributed by atoms with Gasteiger partial charge in [-0.15, -0.1) is 0 Å². The lowest BCUT2D eigenvalue weighted by atomic mass is 10.0. The summed E-state index contributed by atoms with van der Waals surface area (Å²) in [6, 6.07) is 9.53. The summed E-state index contributed by atoms with van der Waals surface area (Å²) in [4.78, 5) is 4.11. The molecule has 1 heterocycles. The highest BCUT2D eigenvalue weighted by molar-refractivity contribution is 9.10.